The minimum absolute atomic E-state index is 0.0616. The summed E-state index contributed by atoms with van der Waals surface area (Å²) < 4.78 is 49.7. The average molecular weight is 805 g/mol. The van der Waals surface area contributed by atoms with Gasteiger partial charge in [-0.2, -0.15) is 0 Å². The molecule has 3 aromatic rings. The van der Waals surface area contributed by atoms with Crippen molar-refractivity contribution < 1.29 is 47.5 Å². The number of ether oxygens (including phenoxy) is 8. The lowest BCUT2D eigenvalue weighted by Crippen LogP contribution is -2.84. The zero-order chi connectivity index (χ0) is 40.7. The molecule has 0 heterocycles. The van der Waals surface area contributed by atoms with Gasteiger partial charge in [0.25, 0.3) is 0 Å². The molecule has 0 N–H and O–H groups in total. The van der Waals surface area contributed by atoms with E-state index in [1.807, 2.05) is 42.7 Å². The van der Waals surface area contributed by atoms with Crippen molar-refractivity contribution in [3.05, 3.63) is 58.7 Å². The molecule has 8 unspecified atom stereocenters. The van der Waals surface area contributed by atoms with Crippen molar-refractivity contribution in [3.8, 4) is 11.5 Å². The second-order valence-electron chi connectivity index (χ2n) is 19.8. The van der Waals surface area contributed by atoms with E-state index in [2.05, 4.69) is 36.4 Å². The fourth-order valence-corrected chi connectivity index (χ4v) is 19.4. The van der Waals surface area contributed by atoms with Gasteiger partial charge >= 0.3 is 11.9 Å². The van der Waals surface area contributed by atoms with Gasteiger partial charge in [-0.25, -0.2) is 9.59 Å². The molecule has 59 heavy (non-hydrogen) atoms. The summed E-state index contributed by atoms with van der Waals surface area (Å²) in [6.45, 7) is 2.56. The monoisotopic (exact) mass is 804 g/mol. The maximum Gasteiger partial charge on any atom is 0.334 e. The molecule has 3 aromatic carbocycles. The molecule has 0 aliphatic heterocycles. The largest absolute Gasteiger partial charge is 0.496 e. The third-order valence-corrected chi connectivity index (χ3v) is 19.6. The van der Waals surface area contributed by atoms with Crippen LogP contribution in [0.5, 0.6) is 11.5 Å². The maximum absolute atomic E-state index is 13.6. The number of fused-ring (bicyclic) bond motifs is 30. The number of benzene rings is 3. The second-order valence-corrected chi connectivity index (χ2v) is 19.8. The molecule has 0 saturated heterocycles. The van der Waals surface area contributed by atoms with E-state index in [0.29, 0.717) is 84.9 Å². The van der Waals surface area contributed by atoms with Crippen LogP contribution < -0.4 is 9.47 Å². The molecule has 12 rings (SSSR count). The smallest absolute Gasteiger partial charge is 0.334 e. The predicted octanol–water partition coefficient (Wildman–Crippen LogP) is 6.81. The Morgan fingerprint density at radius 3 is 1.25 bits per heavy atom. The van der Waals surface area contributed by atoms with Crippen LogP contribution in [0.1, 0.15) is 42.2 Å². The fourth-order valence-electron chi connectivity index (χ4n) is 19.4. The third kappa shape index (κ3) is 3.52. The highest BCUT2D eigenvalue weighted by Crippen LogP contribution is 2.99. The van der Waals surface area contributed by atoms with Crippen molar-refractivity contribution in [3.63, 3.8) is 0 Å². The molecule has 10 heteroatoms. The first kappa shape index (κ1) is 37.1. The molecule has 16 atom stereocenters. The Morgan fingerprint density at radius 2 is 0.898 bits per heavy atom. The van der Waals surface area contributed by atoms with Crippen LogP contribution in [0.25, 0.3) is 21.5 Å². The first-order valence-electron chi connectivity index (χ1n) is 21.7. The molecule has 7 fully saturated rings. The van der Waals surface area contributed by atoms with Crippen molar-refractivity contribution in [1.82, 2.24) is 0 Å². The van der Waals surface area contributed by atoms with Crippen LogP contribution in [0.2, 0.25) is 0 Å². The minimum atomic E-state index is -0.407. The van der Waals surface area contributed by atoms with E-state index < -0.39 is 11.9 Å². The van der Waals surface area contributed by atoms with Crippen molar-refractivity contribution in [2.24, 2.45) is 80.8 Å². The van der Waals surface area contributed by atoms with E-state index in [1.54, 1.807) is 0 Å². The molecule has 0 spiro atoms. The van der Waals surface area contributed by atoms with Crippen molar-refractivity contribution in [1.29, 1.82) is 0 Å². The highest BCUT2D eigenvalue weighted by molar-refractivity contribution is 6.06. The van der Waals surface area contributed by atoms with Crippen molar-refractivity contribution in [2.45, 2.75) is 31.1 Å². The lowest BCUT2D eigenvalue weighted by atomic mass is 9.20. The number of rotatable bonds is 12. The van der Waals surface area contributed by atoms with Gasteiger partial charge in [0.15, 0.2) is 0 Å². The van der Waals surface area contributed by atoms with Crippen molar-refractivity contribution >= 4 is 33.5 Å². The van der Waals surface area contributed by atoms with Gasteiger partial charge in [-0.15, -0.1) is 0 Å². The zero-order valence-electron chi connectivity index (χ0n) is 35.4. The van der Waals surface area contributed by atoms with E-state index in [4.69, 9.17) is 37.9 Å². The van der Waals surface area contributed by atoms with Gasteiger partial charge in [-0.1, -0.05) is 24.3 Å². The molecule has 312 valence electrons. The summed E-state index contributed by atoms with van der Waals surface area (Å²) in [5.74, 6) is 4.23. The molecule has 0 amide bonds. The normalized spacial score (nSPS) is 43.9. The van der Waals surface area contributed by atoms with E-state index in [-0.39, 0.29) is 45.3 Å². The molecule has 10 nitrogen and oxygen atoms in total. The predicted molar refractivity (Wildman–Crippen MR) is 217 cm³/mol. The van der Waals surface area contributed by atoms with Gasteiger partial charge in [0.2, 0.25) is 0 Å². The van der Waals surface area contributed by atoms with Crippen LogP contribution in [0.4, 0.5) is 0 Å². The molecule has 0 radical (unpaired) electrons. The van der Waals surface area contributed by atoms with E-state index in [9.17, 15) is 9.59 Å². The number of hydrogen-bond acceptors (Lipinski definition) is 10. The molecule has 7 saturated carbocycles. The first-order valence-corrected chi connectivity index (χ1v) is 21.7. The number of carbonyl (C=O) groups is 2. The summed E-state index contributed by atoms with van der Waals surface area (Å²) in [6.07, 6.45) is 3.11. The van der Waals surface area contributed by atoms with Gasteiger partial charge < -0.3 is 37.9 Å². The summed E-state index contributed by atoms with van der Waals surface area (Å²) in [5, 5.41) is 4.61. The average Bonchev–Trinajstić information content (AvgIpc) is 4.04. The van der Waals surface area contributed by atoms with Gasteiger partial charge in [-0.05, 0) is 101 Å². The van der Waals surface area contributed by atoms with Crippen LogP contribution in [0.15, 0.2) is 47.5 Å². The fraction of sp³-hybridized carbons (Fsp3) is 0.633. The lowest BCUT2D eigenvalue weighted by Gasteiger charge is -2.83. The van der Waals surface area contributed by atoms with E-state index in [0.717, 1.165) is 41.5 Å². The third-order valence-electron chi connectivity index (χ3n) is 19.6. The molecule has 0 aromatic heterocycles. The van der Waals surface area contributed by atoms with Gasteiger partial charge in [-0.3, -0.25) is 0 Å². The van der Waals surface area contributed by atoms with Gasteiger partial charge in [0.05, 0.1) is 66.0 Å². The summed E-state index contributed by atoms with van der Waals surface area (Å²) >= 11 is 0. The van der Waals surface area contributed by atoms with Crippen LogP contribution >= 0.6 is 0 Å². The Balaban J connectivity index is 1.06. The molecule has 9 aliphatic carbocycles. The summed E-state index contributed by atoms with van der Waals surface area (Å²) in [4.78, 5) is 27.2. The standard InChI is InChI=1S/C49H56O10/c1-52-18-46-28-16-29(35-34(28)36(44(50)58-7)37(35)45(51)59-8)47(46,19-53-2)41-31-17-30(40(41)46)48(20-54-3)38-26-15-27(39(38)49(31,48)21-55-4)33-32(26)42(56-5)24-13-22-11-9-10-12-23(22)14-25(24)43(33)57-6/h9-14,26-31,34-35,38-41H,15-21H2,1-8H3/t26-,27?,28+,29-,30+,31?,34?,35?,38?,39?,40?,41?,46+,47-,48+,49-/m0/s1. The van der Waals surface area contributed by atoms with Crippen LogP contribution in [-0.2, 0) is 38.0 Å². The summed E-state index contributed by atoms with van der Waals surface area (Å²) in [7, 11) is 14.0. The number of carbonyl (C=O) groups excluding carboxylic acids is 2. The molecule has 6 bridgehead atoms. The Kier molecular flexibility index (Phi) is 7.56. The zero-order valence-corrected chi connectivity index (χ0v) is 35.4. The van der Waals surface area contributed by atoms with Crippen LogP contribution in [0, 0.1) is 80.8 Å². The lowest BCUT2D eigenvalue weighted by molar-refractivity contribution is -0.387. The van der Waals surface area contributed by atoms with Crippen LogP contribution in [0.3, 0.4) is 0 Å². The number of esters is 2. The Labute approximate surface area is 345 Å². The molecular weight excluding hydrogens is 749 g/mol. The van der Waals surface area contributed by atoms with Gasteiger partial charge in [0.1, 0.15) is 11.5 Å². The topological polar surface area (TPSA) is 108 Å². The Hall–Kier alpha value is -3.70. The van der Waals surface area contributed by atoms with E-state index >= 15 is 0 Å². The molecule has 9 aliphatic rings. The Bertz CT molecular complexity index is 2250. The second kappa shape index (κ2) is 12.0. The molecular formula is C49H56O10. The van der Waals surface area contributed by atoms with Crippen LogP contribution in [-0.4, -0.2) is 95.2 Å². The SMILES string of the molecule is COC[C@@]12C3C[C@H](C4C3[C@]3(COC)[C@H]5C[C@H](C6C(C(=O)OC)=C(C(=O)OC)C65)[C@]43COC)[C@]1(COC)C1C2C2C[C@H]1c1c2c(OC)c2cc3ccccc3cc2c1OC. The maximum atomic E-state index is 13.6. The highest BCUT2D eigenvalue weighted by Gasteiger charge is 2.98. The van der Waals surface area contributed by atoms with E-state index in [1.165, 1.54) is 36.1 Å². The first-order chi connectivity index (χ1) is 28.7. The summed E-state index contributed by atoms with van der Waals surface area (Å²) in [6, 6.07) is 13.1. The van der Waals surface area contributed by atoms with Crippen molar-refractivity contribution in [2.75, 3.05) is 83.3 Å². The minimum Gasteiger partial charge on any atom is -0.496 e. The number of methoxy groups -OCH3 is 8. The highest BCUT2D eigenvalue weighted by atomic mass is 16.5. The Morgan fingerprint density at radius 1 is 0.525 bits per heavy atom. The van der Waals surface area contributed by atoms with Gasteiger partial charge in [0, 0.05) is 83.8 Å². The summed E-state index contributed by atoms with van der Waals surface area (Å²) in [5.41, 5.74) is 3.03. The number of hydrogen-bond donors (Lipinski definition) is 0. The quantitative estimate of drug-likeness (QED) is 0.0840.